The molecule has 0 aliphatic heterocycles. The number of carbonyl (C=O) groups is 1. The van der Waals surface area contributed by atoms with Crippen LogP contribution in [0.5, 0.6) is 0 Å². The SMILES string of the molecule is O=C(S)c1ccc(B(O)O)cc1. The highest BCUT2D eigenvalue weighted by Gasteiger charge is 2.10. The molecule has 0 aromatic heterocycles. The van der Waals surface area contributed by atoms with E-state index in [9.17, 15) is 4.79 Å². The lowest BCUT2D eigenvalue weighted by Gasteiger charge is -1.98. The van der Waals surface area contributed by atoms with Crippen molar-refractivity contribution >= 4 is 30.3 Å². The van der Waals surface area contributed by atoms with Gasteiger partial charge in [0.2, 0.25) is 5.12 Å². The zero-order chi connectivity index (χ0) is 9.14. The van der Waals surface area contributed by atoms with E-state index < -0.39 is 7.12 Å². The van der Waals surface area contributed by atoms with Crippen LogP contribution in [-0.2, 0) is 0 Å². The average molecular weight is 182 g/mol. The molecule has 0 fully saturated rings. The zero-order valence-electron chi connectivity index (χ0n) is 6.14. The van der Waals surface area contributed by atoms with Crippen molar-refractivity contribution < 1.29 is 14.8 Å². The predicted octanol–water partition coefficient (Wildman–Crippen LogP) is -0.564. The van der Waals surface area contributed by atoms with Crippen LogP contribution in [0.2, 0.25) is 0 Å². The maximum absolute atomic E-state index is 10.7. The molecule has 12 heavy (non-hydrogen) atoms. The Morgan fingerprint density at radius 1 is 1.25 bits per heavy atom. The lowest BCUT2D eigenvalue weighted by molar-refractivity contribution is 0.109. The summed E-state index contributed by atoms with van der Waals surface area (Å²) in [5.41, 5.74) is 0.788. The Morgan fingerprint density at radius 3 is 2.08 bits per heavy atom. The molecule has 0 saturated heterocycles. The van der Waals surface area contributed by atoms with Crippen LogP contribution in [0.25, 0.3) is 0 Å². The summed E-state index contributed by atoms with van der Waals surface area (Å²) in [7, 11) is -1.49. The van der Waals surface area contributed by atoms with E-state index in [2.05, 4.69) is 12.6 Å². The molecule has 0 radical (unpaired) electrons. The van der Waals surface area contributed by atoms with Gasteiger partial charge in [-0.25, -0.2) is 0 Å². The normalized spacial score (nSPS) is 9.58. The van der Waals surface area contributed by atoms with Gasteiger partial charge in [0.15, 0.2) is 0 Å². The van der Waals surface area contributed by atoms with Gasteiger partial charge >= 0.3 is 7.12 Å². The Bertz CT molecular complexity index is 283. The lowest BCUT2D eigenvalue weighted by atomic mass is 9.80. The van der Waals surface area contributed by atoms with E-state index in [0.29, 0.717) is 11.0 Å². The van der Waals surface area contributed by atoms with Gasteiger partial charge in [0.1, 0.15) is 0 Å². The molecule has 2 N–H and O–H groups in total. The van der Waals surface area contributed by atoms with Gasteiger partial charge in [0, 0.05) is 5.56 Å². The first kappa shape index (κ1) is 9.31. The average Bonchev–Trinajstić information content (AvgIpc) is 2.04. The van der Waals surface area contributed by atoms with Gasteiger partial charge in [0.25, 0.3) is 0 Å². The van der Waals surface area contributed by atoms with Gasteiger partial charge in [-0.2, -0.15) is 0 Å². The standard InChI is InChI=1S/C7H7BO3S/c9-7(12)5-1-3-6(4-2-5)8(10)11/h1-4,10-11H,(H,9,12). The van der Waals surface area contributed by atoms with Gasteiger partial charge in [-0.3, -0.25) is 4.79 Å². The topological polar surface area (TPSA) is 57.5 Å². The third kappa shape index (κ3) is 2.10. The van der Waals surface area contributed by atoms with Gasteiger partial charge in [-0.05, 0) is 5.46 Å². The molecule has 1 aromatic rings. The molecule has 0 atom stereocenters. The smallest absolute Gasteiger partial charge is 0.423 e. The Kier molecular flexibility index (Phi) is 2.91. The molecule has 5 heteroatoms. The van der Waals surface area contributed by atoms with Crippen LogP contribution in [0.1, 0.15) is 10.4 Å². The van der Waals surface area contributed by atoms with E-state index in [0.717, 1.165) is 0 Å². The molecule has 0 aliphatic carbocycles. The minimum absolute atomic E-state index is 0.339. The van der Waals surface area contributed by atoms with Gasteiger partial charge in [0.05, 0.1) is 0 Å². The molecule has 0 bridgehead atoms. The second-order valence-electron chi connectivity index (χ2n) is 2.30. The number of carbonyl (C=O) groups excluding carboxylic acids is 1. The highest BCUT2D eigenvalue weighted by Crippen LogP contribution is 2.00. The summed E-state index contributed by atoms with van der Waals surface area (Å²) < 4.78 is 0. The molecule has 0 saturated carbocycles. The maximum atomic E-state index is 10.7. The Morgan fingerprint density at radius 2 is 1.75 bits per heavy atom. The zero-order valence-corrected chi connectivity index (χ0v) is 7.03. The molecule has 0 heterocycles. The summed E-state index contributed by atoms with van der Waals surface area (Å²) in [6, 6.07) is 5.91. The number of rotatable bonds is 2. The van der Waals surface area contributed by atoms with E-state index in [1.54, 1.807) is 0 Å². The summed E-state index contributed by atoms with van der Waals surface area (Å²) >= 11 is 3.61. The van der Waals surface area contributed by atoms with Gasteiger partial charge in [-0.15, -0.1) is 12.6 Å². The van der Waals surface area contributed by atoms with Crippen molar-refractivity contribution in [2.45, 2.75) is 0 Å². The first-order chi connectivity index (χ1) is 5.61. The Hall–Kier alpha value is -0.775. The third-order valence-electron chi connectivity index (χ3n) is 1.46. The fourth-order valence-corrected chi connectivity index (χ4v) is 0.947. The third-order valence-corrected chi connectivity index (χ3v) is 1.71. The predicted molar refractivity (Wildman–Crippen MR) is 49.6 cm³/mol. The fourth-order valence-electron chi connectivity index (χ4n) is 0.798. The molecule has 1 aromatic carbocycles. The number of hydrogen-bond acceptors (Lipinski definition) is 3. The number of thiol groups is 1. The maximum Gasteiger partial charge on any atom is 0.488 e. The van der Waals surface area contributed by atoms with Crippen molar-refractivity contribution in [1.82, 2.24) is 0 Å². The number of hydrogen-bond donors (Lipinski definition) is 3. The highest BCUT2D eigenvalue weighted by atomic mass is 32.1. The molecular weight excluding hydrogens is 175 g/mol. The largest absolute Gasteiger partial charge is 0.488 e. The van der Waals surface area contributed by atoms with Crippen LogP contribution in [0.15, 0.2) is 24.3 Å². The Labute approximate surface area is 75.6 Å². The van der Waals surface area contributed by atoms with Crippen molar-refractivity contribution in [2.75, 3.05) is 0 Å². The van der Waals surface area contributed by atoms with E-state index in [-0.39, 0.29) is 5.12 Å². The van der Waals surface area contributed by atoms with E-state index in [1.807, 2.05) is 0 Å². The van der Waals surface area contributed by atoms with E-state index in [1.165, 1.54) is 24.3 Å². The van der Waals surface area contributed by atoms with Crippen LogP contribution in [-0.4, -0.2) is 22.3 Å². The summed E-state index contributed by atoms with van der Waals surface area (Å²) in [4.78, 5) is 10.7. The monoisotopic (exact) mass is 182 g/mol. The van der Waals surface area contributed by atoms with Crippen LogP contribution >= 0.6 is 12.6 Å². The highest BCUT2D eigenvalue weighted by molar-refractivity contribution is 7.97. The van der Waals surface area contributed by atoms with Crippen molar-refractivity contribution in [3.05, 3.63) is 29.8 Å². The molecule has 0 aliphatic rings. The van der Waals surface area contributed by atoms with Crippen LogP contribution < -0.4 is 5.46 Å². The molecule has 3 nitrogen and oxygen atoms in total. The van der Waals surface area contributed by atoms with Crippen molar-refractivity contribution in [3.63, 3.8) is 0 Å². The van der Waals surface area contributed by atoms with Gasteiger partial charge in [-0.1, -0.05) is 24.3 Å². The fraction of sp³-hybridized carbons (Fsp3) is 0. The van der Waals surface area contributed by atoms with Crippen LogP contribution in [0, 0.1) is 0 Å². The Balaban J connectivity index is 2.93. The molecule has 0 unspecified atom stereocenters. The quantitative estimate of drug-likeness (QED) is 0.424. The van der Waals surface area contributed by atoms with Gasteiger partial charge < -0.3 is 10.0 Å². The summed E-state index contributed by atoms with van der Waals surface area (Å²) in [6.45, 7) is 0. The first-order valence-corrected chi connectivity index (χ1v) is 3.75. The summed E-state index contributed by atoms with van der Waals surface area (Å²) in [6.07, 6.45) is 0. The molecular formula is C7H7BO3S. The van der Waals surface area contributed by atoms with Crippen molar-refractivity contribution in [1.29, 1.82) is 0 Å². The van der Waals surface area contributed by atoms with Crippen LogP contribution in [0.3, 0.4) is 0 Å². The molecule has 0 spiro atoms. The first-order valence-electron chi connectivity index (χ1n) is 3.30. The minimum Gasteiger partial charge on any atom is -0.423 e. The summed E-state index contributed by atoms with van der Waals surface area (Å²) in [5.74, 6) is 0. The molecule has 1 rings (SSSR count). The van der Waals surface area contributed by atoms with E-state index in [4.69, 9.17) is 10.0 Å². The second-order valence-corrected chi connectivity index (χ2v) is 2.71. The second kappa shape index (κ2) is 3.75. The summed E-state index contributed by atoms with van der Waals surface area (Å²) in [5, 5.41) is 17.1. The number of benzene rings is 1. The molecule has 62 valence electrons. The van der Waals surface area contributed by atoms with Crippen molar-refractivity contribution in [3.8, 4) is 0 Å². The van der Waals surface area contributed by atoms with Crippen LogP contribution in [0.4, 0.5) is 0 Å². The van der Waals surface area contributed by atoms with E-state index >= 15 is 0 Å². The minimum atomic E-state index is -1.49. The lowest BCUT2D eigenvalue weighted by Crippen LogP contribution is -2.29. The van der Waals surface area contributed by atoms with Crippen molar-refractivity contribution in [2.24, 2.45) is 0 Å². The molecule has 0 amide bonds.